The summed E-state index contributed by atoms with van der Waals surface area (Å²) in [5.74, 6) is 0.201. The third-order valence-electron chi connectivity index (χ3n) is 2.90. The lowest BCUT2D eigenvalue weighted by molar-refractivity contribution is 0.173. The van der Waals surface area contributed by atoms with E-state index in [1.165, 1.54) is 12.1 Å². The van der Waals surface area contributed by atoms with Crippen LogP contribution in [0.4, 0.5) is 4.39 Å². The lowest BCUT2D eigenvalue weighted by atomic mass is 10.0. The van der Waals surface area contributed by atoms with Gasteiger partial charge in [0.25, 0.3) is 0 Å². The van der Waals surface area contributed by atoms with Gasteiger partial charge in [0.2, 0.25) is 0 Å². The van der Waals surface area contributed by atoms with Gasteiger partial charge in [0.05, 0.1) is 13.2 Å². The Hall–Kier alpha value is -1.58. The summed E-state index contributed by atoms with van der Waals surface area (Å²) in [5, 5.41) is 10.4. The molecule has 0 aliphatic rings. The normalized spacial score (nSPS) is 12.2. The van der Waals surface area contributed by atoms with Crippen LogP contribution >= 0.6 is 11.6 Å². The number of aliphatic hydroxyl groups is 1. The van der Waals surface area contributed by atoms with Crippen LogP contribution in [0.15, 0.2) is 42.5 Å². The highest BCUT2D eigenvalue weighted by Crippen LogP contribution is 2.28. The fourth-order valence-corrected chi connectivity index (χ4v) is 2.24. The molecule has 2 nitrogen and oxygen atoms in total. The lowest BCUT2D eigenvalue weighted by Gasteiger charge is -2.14. The summed E-state index contributed by atoms with van der Waals surface area (Å²) in [7, 11) is 1.57. The zero-order chi connectivity index (χ0) is 13.8. The van der Waals surface area contributed by atoms with Gasteiger partial charge >= 0.3 is 0 Å². The van der Waals surface area contributed by atoms with E-state index in [-0.39, 0.29) is 17.0 Å². The van der Waals surface area contributed by atoms with Crippen molar-refractivity contribution < 1.29 is 14.2 Å². The summed E-state index contributed by atoms with van der Waals surface area (Å²) < 4.78 is 18.8. The first kappa shape index (κ1) is 13.8. The molecule has 100 valence electrons. The van der Waals surface area contributed by atoms with Gasteiger partial charge in [-0.15, -0.1) is 0 Å². The van der Waals surface area contributed by atoms with E-state index in [0.717, 1.165) is 5.56 Å². The molecule has 0 bridgehead atoms. The van der Waals surface area contributed by atoms with E-state index in [1.807, 2.05) is 18.2 Å². The number of aliphatic hydroxyl groups excluding tert-OH is 1. The predicted molar refractivity (Wildman–Crippen MR) is 73.1 cm³/mol. The molecule has 0 saturated heterocycles. The maximum Gasteiger partial charge on any atom is 0.130 e. The third-order valence-corrected chi connectivity index (χ3v) is 3.23. The van der Waals surface area contributed by atoms with Crippen molar-refractivity contribution in [1.82, 2.24) is 0 Å². The first-order chi connectivity index (χ1) is 9.11. The Labute approximate surface area is 116 Å². The van der Waals surface area contributed by atoms with E-state index < -0.39 is 11.9 Å². The highest BCUT2D eigenvalue weighted by Gasteiger charge is 2.17. The second kappa shape index (κ2) is 6.04. The second-order valence-corrected chi connectivity index (χ2v) is 4.61. The second-order valence-electron chi connectivity index (χ2n) is 4.21. The standard InChI is InChI=1S/C15H14ClFO2/c1-19-11-5-2-4-10(8-11)9-14(18)15-12(16)6-3-7-13(15)17/h2-8,14,18H,9H2,1H3. The minimum Gasteiger partial charge on any atom is -0.497 e. The fraction of sp³-hybridized carbons (Fsp3) is 0.200. The summed E-state index contributed by atoms with van der Waals surface area (Å²) >= 11 is 5.92. The van der Waals surface area contributed by atoms with Crippen LogP contribution in [0.2, 0.25) is 5.02 Å². The molecule has 0 radical (unpaired) electrons. The molecule has 2 aromatic rings. The van der Waals surface area contributed by atoms with Gasteiger partial charge in [0.1, 0.15) is 11.6 Å². The van der Waals surface area contributed by atoms with Crippen molar-refractivity contribution in [2.75, 3.05) is 7.11 Å². The van der Waals surface area contributed by atoms with Crippen LogP contribution in [-0.2, 0) is 6.42 Å². The highest BCUT2D eigenvalue weighted by atomic mass is 35.5. The van der Waals surface area contributed by atoms with Gasteiger partial charge in [-0.3, -0.25) is 0 Å². The quantitative estimate of drug-likeness (QED) is 0.924. The average Bonchev–Trinajstić information content (AvgIpc) is 2.38. The maximum absolute atomic E-state index is 13.7. The van der Waals surface area contributed by atoms with E-state index in [0.29, 0.717) is 5.75 Å². The van der Waals surface area contributed by atoms with E-state index in [1.54, 1.807) is 19.2 Å². The van der Waals surface area contributed by atoms with Crippen molar-refractivity contribution in [2.24, 2.45) is 0 Å². The van der Waals surface area contributed by atoms with Crippen LogP contribution in [0.3, 0.4) is 0 Å². The molecule has 0 heterocycles. The van der Waals surface area contributed by atoms with Crippen LogP contribution in [0.25, 0.3) is 0 Å². The van der Waals surface area contributed by atoms with Gasteiger partial charge in [-0.05, 0) is 29.8 Å². The molecule has 0 amide bonds. The first-order valence-corrected chi connectivity index (χ1v) is 6.24. The Morgan fingerprint density at radius 1 is 1.26 bits per heavy atom. The molecule has 1 atom stereocenters. The Morgan fingerprint density at radius 2 is 2.00 bits per heavy atom. The highest BCUT2D eigenvalue weighted by molar-refractivity contribution is 6.31. The van der Waals surface area contributed by atoms with Crippen molar-refractivity contribution >= 4 is 11.6 Å². The maximum atomic E-state index is 13.7. The molecule has 0 saturated carbocycles. The van der Waals surface area contributed by atoms with Crippen molar-refractivity contribution in [3.63, 3.8) is 0 Å². The molecule has 4 heteroatoms. The van der Waals surface area contributed by atoms with Crippen molar-refractivity contribution in [2.45, 2.75) is 12.5 Å². The van der Waals surface area contributed by atoms with Gasteiger partial charge in [0, 0.05) is 17.0 Å². The lowest BCUT2D eigenvalue weighted by Crippen LogP contribution is -2.05. The van der Waals surface area contributed by atoms with Crippen LogP contribution in [0, 0.1) is 5.82 Å². The van der Waals surface area contributed by atoms with Crippen molar-refractivity contribution in [3.05, 3.63) is 64.4 Å². The van der Waals surface area contributed by atoms with Gasteiger partial charge in [-0.2, -0.15) is 0 Å². The molecule has 0 spiro atoms. The number of rotatable bonds is 4. The molecule has 19 heavy (non-hydrogen) atoms. The van der Waals surface area contributed by atoms with Crippen LogP contribution in [0.1, 0.15) is 17.2 Å². The minimum absolute atomic E-state index is 0.131. The van der Waals surface area contributed by atoms with Gasteiger partial charge < -0.3 is 9.84 Å². The summed E-state index contributed by atoms with van der Waals surface area (Å²) in [5.41, 5.74) is 0.984. The van der Waals surface area contributed by atoms with Gasteiger partial charge in [-0.1, -0.05) is 29.8 Å². The van der Waals surface area contributed by atoms with E-state index in [4.69, 9.17) is 16.3 Å². The number of ether oxygens (including phenoxy) is 1. The van der Waals surface area contributed by atoms with E-state index in [2.05, 4.69) is 0 Å². The Kier molecular flexibility index (Phi) is 4.40. The minimum atomic E-state index is -0.985. The SMILES string of the molecule is COc1cccc(CC(O)c2c(F)cccc2Cl)c1. The van der Waals surface area contributed by atoms with Crippen molar-refractivity contribution in [1.29, 1.82) is 0 Å². The number of methoxy groups -OCH3 is 1. The monoisotopic (exact) mass is 280 g/mol. The smallest absolute Gasteiger partial charge is 0.130 e. The predicted octanol–water partition coefficient (Wildman–Crippen LogP) is 3.76. The summed E-state index contributed by atoms with van der Waals surface area (Å²) in [6, 6.07) is 11.7. The van der Waals surface area contributed by atoms with E-state index >= 15 is 0 Å². The molecular weight excluding hydrogens is 267 g/mol. The number of hydrogen-bond donors (Lipinski definition) is 1. The zero-order valence-corrected chi connectivity index (χ0v) is 11.2. The Bertz CT molecular complexity index is 552. The zero-order valence-electron chi connectivity index (χ0n) is 10.4. The average molecular weight is 281 g/mol. The first-order valence-electron chi connectivity index (χ1n) is 5.86. The van der Waals surface area contributed by atoms with E-state index in [9.17, 15) is 9.50 Å². The van der Waals surface area contributed by atoms with Crippen LogP contribution in [0.5, 0.6) is 5.75 Å². The fourth-order valence-electron chi connectivity index (χ4n) is 1.95. The summed E-state index contributed by atoms with van der Waals surface area (Å²) in [6.07, 6.45) is -0.710. The topological polar surface area (TPSA) is 29.5 Å². The molecule has 2 aromatic carbocycles. The molecule has 0 fully saturated rings. The largest absolute Gasteiger partial charge is 0.497 e. The molecule has 2 rings (SSSR count). The Balaban J connectivity index is 2.23. The van der Waals surface area contributed by atoms with Crippen LogP contribution in [-0.4, -0.2) is 12.2 Å². The van der Waals surface area contributed by atoms with Gasteiger partial charge in [0.15, 0.2) is 0 Å². The molecule has 0 aliphatic heterocycles. The molecule has 1 N–H and O–H groups in total. The third kappa shape index (κ3) is 3.25. The molecule has 0 aromatic heterocycles. The molecule has 1 unspecified atom stereocenters. The number of halogens is 2. The summed E-state index contributed by atoms with van der Waals surface area (Å²) in [4.78, 5) is 0. The molecule has 0 aliphatic carbocycles. The van der Waals surface area contributed by atoms with Crippen molar-refractivity contribution in [3.8, 4) is 5.75 Å². The number of hydrogen-bond acceptors (Lipinski definition) is 2. The van der Waals surface area contributed by atoms with Gasteiger partial charge in [-0.25, -0.2) is 4.39 Å². The summed E-state index contributed by atoms with van der Waals surface area (Å²) in [6.45, 7) is 0. The number of benzene rings is 2. The Morgan fingerprint density at radius 3 is 2.68 bits per heavy atom. The molecular formula is C15H14ClFO2. The van der Waals surface area contributed by atoms with Crippen LogP contribution < -0.4 is 4.74 Å².